The van der Waals surface area contributed by atoms with Crippen LogP contribution in [0.1, 0.15) is 5.56 Å². The van der Waals surface area contributed by atoms with E-state index in [-0.39, 0.29) is 0 Å². The fourth-order valence-corrected chi connectivity index (χ4v) is 1.76. The molecule has 1 aromatic rings. The van der Waals surface area contributed by atoms with Crippen LogP contribution in [0.2, 0.25) is 0 Å². The fraction of sp³-hybridized carbons (Fsp3) is 0.500. The summed E-state index contributed by atoms with van der Waals surface area (Å²) in [7, 11) is 4.15. The highest BCUT2D eigenvalue weighted by Gasteiger charge is 2.16. The molecule has 0 spiro atoms. The van der Waals surface area contributed by atoms with Gasteiger partial charge < -0.3 is 10.2 Å². The van der Waals surface area contributed by atoms with Gasteiger partial charge in [0.05, 0.1) is 0 Å². The molecule has 1 fully saturated rings. The highest BCUT2D eigenvalue weighted by Crippen LogP contribution is 2.16. The Bertz CT molecular complexity index is 286. The first-order valence-electron chi connectivity index (χ1n) is 5.22. The first kappa shape index (κ1) is 9.53. The average Bonchev–Trinajstić information content (AvgIpc) is 2.12. The predicted octanol–water partition coefficient (Wildman–Crippen LogP) is 1.51. The maximum atomic E-state index is 3.30. The number of benzene rings is 1. The Kier molecular flexibility index (Phi) is 2.73. The van der Waals surface area contributed by atoms with Crippen molar-refractivity contribution in [3.8, 4) is 0 Å². The van der Waals surface area contributed by atoms with E-state index in [0.29, 0.717) is 0 Å². The summed E-state index contributed by atoms with van der Waals surface area (Å²) in [5.41, 5.74) is 2.74. The second-order valence-electron chi connectivity index (χ2n) is 4.29. The van der Waals surface area contributed by atoms with Crippen LogP contribution >= 0.6 is 0 Å². The third-order valence-electron chi connectivity index (χ3n) is 2.84. The summed E-state index contributed by atoms with van der Waals surface area (Å²) < 4.78 is 0. The smallest absolute Gasteiger partial charge is 0.0361 e. The Morgan fingerprint density at radius 1 is 1.21 bits per heavy atom. The van der Waals surface area contributed by atoms with Crippen LogP contribution in [0, 0.1) is 5.92 Å². The molecule has 1 N–H and O–H groups in total. The largest absolute Gasteiger partial charge is 0.378 e. The summed E-state index contributed by atoms with van der Waals surface area (Å²) in [6.45, 7) is 2.38. The van der Waals surface area contributed by atoms with E-state index in [2.05, 4.69) is 48.6 Å². The van der Waals surface area contributed by atoms with Crippen LogP contribution in [0.5, 0.6) is 0 Å². The molecule has 2 rings (SSSR count). The van der Waals surface area contributed by atoms with Crippen molar-refractivity contribution in [2.75, 3.05) is 32.1 Å². The Labute approximate surface area is 85.9 Å². The minimum Gasteiger partial charge on any atom is -0.378 e. The number of hydrogen-bond donors (Lipinski definition) is 1. The van der Waals surface area contributed by atoms with E-state index in [0.717, 1.165) is 5.92 Å². The molecule has 76 valence electrons. The van der Waals surface area contributed by atoms with Gasteiger partial charge in [0, 0.05) is 19.8 Å². The molecule has 0 atom stereocenters. The monoisotopic (exact) mass is 190 g/mol. The van der Waals surface area contributed by atoms with Crippen molar-refractivity contribution in [1.29, 1.82) is 0 Å². The molecule has 1 aliphatic heterocycles. The predicted molar refractivity (Wildman–Crippen MR) is 60.8 cm³/mol. The van der Waals surface area contributed by atoms with Crippen LogP contribution in [0.4, 0.5) is 5.69 Å². The lowest BCUT2D eigenvalue weighted by Crippen LogP contribution is -2.43. The summed E-state index contributed by atoms with van der Waals surface area (Å²) in [4.78, 5) is 2.13. The lowest BCUT2D eigenvalue weighted by Gasteiger charge is -2.27. The van der Waals surface area contributed by atoms with Crippen LogP contribution in [-0.4, -0.2) is 27.2 Å². The van der Waals surface area contributed by atoms with Gasteiger partial charge in [-0.25, -0.2) is 0 Å². The molecule has 1 aliphatic rings. The number of hydrogen-bond acceptors (Lipinski definition) is 2. The molecule has 0 radical (unpaired) electrons. The lowest BCUT2D eigenvalue weighted by atomic mass is 9.94. The zero-order valence-electron chi connectivity index (χ0n) is 8.96. The molecular formula is C12H18N2. The Hall–Kier alpha value is -1.02. The summed E-state index contributed by atoms with van der Waals surface area (Å²) in [5, 5.41) is 3.30. The van der Waals surface area contributed by atoms with E-state index in [4.69, 9.17) is 0 Å². The second kappa shape index (κ2) is 4.01. The summed E-state index contributed by atoms with van der Waals surface area (Å²) >= 11 is 0. The van der Waals surface area contributed by atoms with E-state index in [9.17, 15) is 0 Å². The maximum Gasteiger partial charge on any atom is 0.0361 e. The average molecular weight is 190 g/mol. The molecule has 14 heavy (non-hydrogen) atoms. The van der Waals surface area contributed by atoms with Crippen LogP contribution in [0.15, 0.2) is 24.3 Å². The Balaban J connectivity index is 1.98. The van der Waals surface area contributed by atoms with Crippen LogP contribution < -0.4 is 10.2 Å². The van der Waals surface area contributed by atoms with Crippen LogP contribution in [-0.2, 0) is 6.42 Å². The molecular weight excluding hydrogens is 172 g/mol. The van der Waals surface area contributed by atoms with Crippen molar-refractivity contribution in [3.05, 3.63) is 29.8 Å². The number of nitrogens with one attached hydrogen (secondary N) is 1. The van der Waals surface area contributed by atoms with Crippen LogP contribution in [0.25, 0.3) is 0 Å². The molecule has 2 nitrogen and oxygen atoms in total. The number of nitrogens with zero attached hydrogens (tertiary/aromatic N) is 1. The van der Waals surface area contributed by atoms with Crippen molar-refractivity contribution in [1.82, 2.24) is 5.32 Å². The normalized spacial score (nSPS) is 16.4. The van der Waals surface area contributed by atoms with Gasteiger partial charge in [-0.3, -0.25) is 0 Å². The fourth-order valence-electron chi connectivity index (χ4n) is 1.76. The molecule has 0 bridgehead atoms. The van der Waals surface area contributed by atoms with Crippen LogP contribution in [0.3, 0.4) is 0 Å². The van der Waals surface area contributed by atoms with Gasteiger partial charge in [0.25, 0.3) is 0 Å². The van der Waals surface area contributed by atoms with Crippen molar-refractivity contribution in [2.45, 2.75) is 6.42 Å². The first-order valence-corrected chi connectivity index (χ1v) is 5.22. The van der Waals surface area contributed by atoms with E-state index in [1.54, 1.807) is 0 Å². The van der Waals surface area contributed by atoms with Gasteiger partial charge in [0.15, 0.2) is 0 Å². The summed E-state index contributed by atoms with van der Waals surface area (Å²) in [6, 6.07) is 8.88. The van der Waals surface area contributed by atoms with Gasteiger partial charge in [-0.2, -0.15) is 0 Å². The van der Waals surface area contributed by atoms with Gasteiger partial charge in [-0.15, -0.1) is 0 Å². The van der Waals surface area contributed by atoms with Gasteiger partial charge in [0.1, 0.15) is 0 Å². The quantitative estimate of drug-likeness (QED) is 0.777. The second-order valence-corrected chi connectivity index (χ2v) is 4.29. The molecule has 1 saturated heterocycles. The maximum absolute atomic E-state index is 3.30. The van der Waals surface area contributed by atoms with E-state index >= 15 is 0 Å². The first-order chi connectivity index (χ1) is 6.75. The van der Waals surface area contributed by atoms with Crippen molar-refractivity contribution in [2.24, 2.45) is 5.92 Å². The van der Waals surface area contributed by atoms with Gasteiger partial charge in [0.2, 0.25) is 0 Å². The topological polar surface area (TPSA) is 15.3 Å². The molecule has 0 aliphatic carbocycles. The van der Waals surface area contributed by atoms with E-state index in [1.165, 1.54) is 30.8 Å². The molecule has 1 aromatic carbocycles. The molecule has 2 heteroatoms. The van der Waals surface area contributed by atoms with Crippen molar-refractivity contribution >= 4 is 5.69 Å². The zero-order chi connectivity index (χ0) is 9.97. The van der Waals surface area contributed by atoms with Crippen molar-refractivity contribution < 1.29 is 0 Å². The standard InChI is InChI=1S/C12H18N2/c1-14(2)12-5-3-10(4-6-12)7-11-8-13-9-11/h3-6,11,13H,7-9H2,1-2H3. The van der Waals surface area contributed by atoms with Gasteiger partial charge in [-0.05, 0) is 43.1 Å². The highest BCUT2D eigenvalue weighted by molar-refractivity contribution is 5.46. The Morgan fingerprint density at radius 3 is 2.29 bits per heavy atom. The molecule has 0 unspecified atom stereocenters. The SMILES string of the molecule is CN(C)c1ccc(CC2CNC2)cc1. The third kappa shape index (κ3) is 2.07. The lowest BCUT2D eigenvalue weighted by molar-refractivity contribution is 0.346. The van der Waals surface area contributed by atoms with E-state index in [1.807, 2.05) is 0 Å². The van der Waals surface area contributed by atoms with E-state index < -0.39 is 0 Å². The Morgan fingerprint density at radius 2 is 1.86 bits per heavy atom. The molecule has 1 heterocycles. The molecule has 0 saturated carbocycles. The van der Waals surface area contributed by atoms with Crippen molar-refractivity contribution in [3.63, 3.8) is 0 Å². The number of rotatable bonds is 3. The minimum atomic E-state index is 0.861. The van der Waals surface area contributed by atoms with Gasteiger partial charge >= 0.3 is 0 Å². The molecule has 0 amide bonds. The molecule has 0 aromatic heterocycles. The van der Waals surface area contributed by atoms with Gasteiger partial charge in [-0.1, -0.05) is 12.1 Å². The third-order valence-corrected chi connectivity index (χ3v) is 2.84. The zero-order valence-corrected chi connectivity index (χ0v) is 8.96. The summed E-state index contributed by atoms with van der Waals surface area (Å²) in [5.74, 6) is 0.861. The minimum absolute atomic E-state index is 0.861. The summed E-state index contributed by atoms with van der Waals surface area (Å²) in [6.07, 6.45) is 1.22. The number of anilines is 1. The highest BCUT2D eigenvalue weighted by atomic mass is 15.1.